The Morgan fingerprint density at radius 2 is 2.17 bits per heavy atom. The lowest BCUT2D eigenvalue weighted by molar-refractivity contribution is 0.0683. The average Bonchev–Trinajstić information content (AvgIpc) is 2.38. The van der Waals surface area contributed by atoms with Gasteiger partial charge in [-0.3, -0.25) is 0 Å². The number of carboxylic acid groups (broad SMARTS) is 1. The van der Waals surface area contributed by atoms with Crippen molar-refractivity contribution in [3.05, 3.63) is 41.3 Å². The van der Waals surface area contributed by atoms with E-state index in [9.17, 15) is 4.79 Å². The molecule has 0 bridgehead atoms. The SMILES string of the molecule is COc1ccc(-c2ccnc(C(=O)O)n2)cc1Cl. The van der Waals surface area contributed by atoms with Crippen LogP contribution in [0.15, 0.2) is 30.5 Å². The molecule has 92 valence electrons. The van der Waals surface area contributed by atoms with Crippen molar-refractivity contribution in [3.8, 4) is 17.0 Å². The third-order valence-electron chi connectivity index (χ3n) is 2.29. The van der Waals surface area contributed by atoms with Gasteiger partial charge in [0.05, 0.1) is 17.8 Å². The Morgan fingerprint density at radius 1 is 1.39 bits per heavy atom. The fraction of sp³-hybridized carbons (Fsp3) is 0.0833. The number of hydrogen-bond acceptors (Lipinski definition) is 4. The summed E-state index contributed by atoms with van der Waals surface area (Å²) in [4.78, 5) is 18.4. The molecule has 0 unspecified atom stereocenters. The first-order chi connectivity index (χ1) is 8.61. The van der Waals surface area contributed by atoms with E-state index in [0.717, 1.165) is 0 Å². The normalized spacial score (nSPS) is 10.1. The molecule has 0 spiro atoms. The predicted molar refractivity (Wildman–Crippen MR) is 66.0 cm³/mol. The Balaban J connectivity index is 2.45. The summed E-state index contributed by atoms with van der Waals surface area (Å²) < 4.78 is 5.04. The van der Waals surface area contributed by atoms with Crippen LogP contribution in [0.1, 0.15) is 10.6 Å². The molecule has 6 heteroatoms. The topological polar surface area (TPSA) is 72.3 Å². The summed E-state index contributed by atoms with van der Waals surface area (Å²) in [5.74, 6) is -0.871. The zero-order valence-electron chi connectivity index (χ0n) is 9.42. The Morgan fingerprint density at radius 3 is 2.78 bits per heavy atom. The molecule has 0 saturated heterocycles. The third kappa shape index (κ3) is 2.41. The molecule has 0 aliphatic rings. The van der Waals surface area contributed by atoms with Gasteiger partial charge in [-0.25, -0.2) is 14.8 Å². The molecule has 1 aromatic carbocycles. The van der Waals surface area contributed by atoms with Crippen LogP contribution in [0.3, 0.4) is 0 Å². The molecule has 0 radical (unpaired) electrons. The lowest BCUT2D eigenvalue weighted by Crippen LogP contribution is -2.04. The van der Waals surface area contributed by atoms with Crippen LogP contribution in [0.25, 0.3) is 11.3 Å². The summed E-state index contributed by atoms with van der Waals surface area (Å²) in [6, 6.07) is 6.72. The molecule has 1 heterocycles. The maximum atomic E-state index is 10.8. The second kappa shape index (κ2) is 5.01. The third-order valence-corrected chi connectivity index (χ3v) is 2.59. The van der Waals surface area contributed by atoms with Crippen LogP contribution in [0.4, 0.5) is 0 Å². The first-order valence-corrected chi connectivity index (χ1v) is 5.40. The van der Waals surface area contributed by atoms with Crippen LogP contribution in [0.2, 0.25) is 5.02 Å². The first-order valence-electron chi connectivity index (χ1n) is 5.02. The second-order valence-electron chi connectivity index (χ2n) is 3.42. The van der Waals surface area contributed by atoms with E-state index in [2.05, 4.69) is 9.97 Å². The first kappa shape index (κ1) is 12.3. The molecule has 5 nitrogen and oxygen atoms in total. The van der Waals surface area contributed by atoms with Crippen LogP contribution in [-0.4, -0.2) is 28.2 Å². The van der Waals surface area contributed by atoms with Crippen molar-refractivity contribution in [3.63, 3.8) is 0 Å². The minimum Gasteiger partial charge on any atom is -0.495 e. The Bertz CT molecular complexity index is 602. The molecule has 18 heavy (non-hydrogen) atoms. The zero-order valence-corrected chi connectivity index (χ0v) is 10.2. The number of hydrogen-bond donors (Lipinski definition) is 1. The van der Waals surface area contributed by atoms with E-state index in [0.29, 0.717) is 22.0 Å². The van der Waals surface area contributed by atoms with E-state index in [1.165, 1.54) is 13.3 Å². The summed E-state index contributed by atoms with van der Waals surface area (Å²) in [6.07, 6.45) is 1.39. The highest BCUT2D eigenvalue weighted by Crippen LogP contribution is 2.29. The molecule has 0 amide bonds. The van der Waals surface area contributed by atoms with Gasteiger partial charge in [0.15, 0.2) is 0 Å². The van der Waals surface area contributed by atoms with Crippen molar-refractivity contribution in [2.45, 2.75) is 0 Å². The Kier molecular flexibility index (Phi) is 3.43. The smallest absolute Gasteiger partial charge is 0.373 e. The molecular weight excluding hydrogens is 256 g/mol. The summed E-state index contributed by atoms with van der Waals surface area (Å²) in [5, 5.41) is 9.26. The minimum atomic E-state index is -1.17. The number of methoxy groups -OCH3 is 1. The van der Waals surface area contributed by atoms with Crippen molar-refractivity contribution in [2.24, 2.45) is 0 Å². The van der Waals surface area contributed by atoms with E-state index in [1.807, 2.05) is 0 Å². The highest BCUT2D eigenvalue weighted by Gasteiger charge is 2.09. The van der Waals surface area contributed by atoms with Crippen LogP contribution in [0, 0.1) is 0 Å². The van der Waals surface area contributed by atoms with Crippen molar-refractivity contribution >= 4 is 17.6 Å². The van der Waals surface area contributed by atoms with Gasteiger partial charge in [0, 0.05) is 11.8 Å². The van der Waals surface area contributed by atoms with Crippen LogP contribution < -0.4 is 4.74 Å². The van der Waals surface area contributed by atoms with Gasteiger partial charge in [0.2, 0.25) is 5.82 Å². The van der Waals surface area contributed by atoms with Crippen LogP contribution in [0.5, 0.6) is 5.75 Å². The second-order valence-corrected chi connectivity index (χ2v) is 3.83. The molecular formula is C12H9ClN2O3. The Labute approximate surface area is 108 Å². The highest BCUT2D eigenvalue weighted by atomic mass is 35.5. The average molecular weight is 265 g/mol. The van der Waals surface area contributed by atoms with Gasteiger partial charge < -0.3 is 9.84 Å². The standard InChI is InChI=1S/C12H9ClN2O3/c1-18-10-3-2-7(6-8(10)13)9-4-5-14-11(15-9)12(16)17/h2-6H,1H3,(H,16,17). The molecule has 0 aliphatic heterocycles. The molecule has 1 N–H and O–H groups in total. The molecule has 1 aromatic heterocycles. The van der Waals surface area contributed by atoms with E-state index >= 15 is 0 Å². The van der Waals surface area contributed by atoms with Crippen LogP contribution in [-0.2, 0) is 0 Å². The summed E-state index contributed by atoms with van der Waals surface area (Å²) in [6.45, 7) is 0. The van der Waals surface area contributed by atoms with Gasteiger partial charge in [-0.05, 0) is 24.3 Å². The fourth-order valence-electron chi connectivity index (χ4n) is 1.45. The predicted octanol–water partition coefficient (Wildman–Crippen LogP) is 2.50. The number of aromatic nitrogens is 2. The molecule has 0 fully saturated rings. The van der Waals surface area contributed by atoms with Gasteiger partial charge >= 0.3 is 5.97 Å². The number of ether oxygens (including phenoxy) is 1. The number of nitrogens with zero attached hydrogens (tertiary/aromatic N) is 2. The van der Waals surface area contributed by atoms with Gasteiger partial charge in [0.25, 0.3) is 0 Å². The van der Waals surface area contributed by atoms with E-state index in [1.54, 1.807) is 24.3 Å². The number of carboxylic acids is 1. The molecule has 2 aromatic rings. The quantitative estimate of drug-likeness (QED) is 0.922. The van der Waals surface area contributed by atoms with Gasteiger partial charge in [-0.2, -0.15) is 0 Å². The van der Waals surface area contributed by atoms with Gasteiger partial charge in [0.1, 0.15) is 5.75 Å². The van der Waals surface area contributed by atoms with Gasteiger partial charge in [-0.1, -0.05) is 11.6 Å². The van der Waals surface area contributed by atoms with Crippen molar-refractivity contribution < 1.29 is 14.6 Å². The van der Waals surface area contributed by atoms with Crippen molar-refractivity contribution in [2.75, 3.05) is 7.11 Å². The van der Waals surface area contributed by atoms with Crippen molar-refractivity contribution in [1.82, 2.24) is 9.97 Å². The van der Waals surface area contributed by atoms with E-state index in [-0.39, 0.29) is 5.82 Å². The number of rotatable bonds is 3. The highest BCUT2D eigenvalue weighted by molar-refractivity contribution is 6.32. The van der Waals surface area contributed by atoms with Gasteiger partial charge in [-0.15, -0.1) is 0 Å². The monoisotopic (exact) mass is 264 g/mol. The molecule has 0 saturated carbocycles. The zero-order chi connectivity index (χ0) is 13.1. The summed E-state index contributed by atoms with van der Waals surface area (Å²) in [7, 11) is 1.52. The molecule has 0 atom stereocenters. The summed E-state index contributed by atoms with van der Waals surface area (Å²) >= 11 is 6.00. The van der Waals surface area contributed by atoms with E-state index in [4.69, 9.17) is 21.4 Å². The van der Waals surface area contributed by atoms with Crippen molar-refractivity contribution in [1.29, 1.82) is 0 Å². The number of carbonyl (C=O) groups is 1. The molecule has 0 aliphatic carbocycles. The Hall–Kier alpha value is -2.14. The largest absolute Gasteiger partial charge is 0.495 e. The number of aromatic carboxylic acids is 1. The number of benzene rings is 1. The maximum Gasteiger partial charge on any atom is 0.373 e. The molecule has 2 rings (SSSR count). The van der Waals surface area contributed by atoms with E-state index < -0.39 is 5.97 Å². The fourth-order valence-corrected chi connectivity index (χ4v) is 1.71. The number of halogens is 1. The van der Waals surface area contributed by atoms with Crippen LogP contribution >= 0.6 is 11.6 Å². The summed E-state index contributed by atoms with van der Waals surface area (Å²) in [5.41, 5.74) is 1.19. The lowest BCUT2D eigenvalue weighted by atomic mass is 10.1. The minimum absolute atomic E-state index is 0.251. The lowest BCUT2D eigenvalue weighted by Gasteiger charge is -2.06. The maximum absolute atomic E-state index is 10.8.